The zero-order valence-corrected chi connectivity index (χ0v) is 6.19. The van der Waals surface area contributed by atoms with Gasteiger partial charge in [-0.1, -0.05) is 0 Å². The Labute approximate surface area is 68.5 Å². The van der Waals surface area contributed by atoms with Crippen molar-refractivity contribution < 1.29 is 14.4 Å². The fourth-order valence-electron chi connectivity index (χ4n) is 0. The van der Waals surface area contributed by atoms with E-state index in [1.807, 2.05) is 0 Å². The maximum atomic E-state index is 8.94. The molecular formula is C3H12N6O3. The highest BCUT2D eigenvalue weighted by atomic mass is 16.1. The van der Waals surface area contributed by atoms with E-state index in [1.54, 1.807) is 16.3 Å². The highest BCUT2D eigenvalue weighted by molar-refractivity contribution is 5.44. The predicted octanol–water partition coefficient (Wildman–Crippen LogP) is -4.18. The van der Waals surface area contributed by atoms with Gasteiger partial charge >= 0.3 is 0 Å². The first-order valence-corrected chi connectivity index (χ1v) is 2.44. The van der Waals surface area contributed by atoms with E-state index < -0.39 is 0 Å². The SMILES string of the molecule is NNC=O.NNC=O.NNC=O. The number of nitrogens with two attached hydrogens (primary N) is 3. The van der Waals surface area contributed by atoms with Crippen LogP contribution in [0, 0.1) is 0 Å². The number of carbonyl (C=O) groups excluding carboxylic acids is 3. The maximum Gasteiger partial charge on any atom is 0.221 e. The Balaban J connectivity index is -0.000000101. The van der Waals surface area contributed by atoms with Crippen molar-refractivity contribution in [3.05, 3.63) is 0 Å². The summed E-state index contributed by atoms with van der Waals surface area (Å²) in [6.45, 7) is 0. The molecule has 0 bridgehead atoms. The van der Waals surface area contributed by atoms with Gasteiger partial charge in [0.05, 0.1) is 0 Å². The van der Waals surface area contributed by atoms with Crippen LogP contribution in [0.25, 0.3) is 0 Å². The molecule has 0 aliphatic rings. The summed E-state index contributed by atoms with van der Waals surface area (Å²) < 4.78 is 0. The number of nitrogens with one attached hydrogen (secondary N) is 3. The zero-order valence-electron chi connectivity index (χ0n) is 6.19. The fraction of sp³-hybridized carbons (Fsp3) is 0. The number of amides is 3. The quantitative estimate of drug-likeness (QED) is 0.111. The van der Waals surface area contributed by atoms with Gasteiger partial charge in [-0.25, -0.2) is 17.5 Å². The molecule has 0 atom stereocenters. The minimum Gasteiger partial charge on any atom is -0.297 e. The van der Waals surface area contributed by atoms with Gasteiger partial charge in [0.15, 0.2) is 0 Å². The summed E-state index contributed by atoms with van der Waals surface area (Å²) in [4.78, 5) is 26.8. The van der Waals surface area contributed by atoms with Crippen molar-refractivity contribution in [3.8, 4) is 0 Å². The molecule has 0 aromatic carbocycles. The van der Waals surface area contributed by atoms with Crippen molar-refractivity contribution in [2.24, 2.45) is 17.5 Å². The van der Waals surface area contributed by atoms with Crippen LogP contribution in [-0.2, 0) is 14.4 Å². The molecule has 0 aliphatic carbocycles. The molecule has 72 valence electrons. The van der Waals surface area contributed by atoms with Crippen molar-refractivity contribution in [2.75, 3.05) is 0 Å². The smallest absolute Gasteiger partial charge is 0.221 e. The predicted molar refractivity (Wildman–Crippen MR) is 40.2 cm³/mol. The minimum atomic E-state index is 0.403. The van der Waals surface area contributed by atoms with Crippen LogP contribution in [0.3, 0.4) is 0 Å². The lowest BCUT2D eigenvalue weighted by Crippen LogP contribution is -2.18. The molecule has 0 aromatic heterocycles. The molecule has 0 heterocycles. The second-order valence-electron chi connectivity index (χ2n) is 0.854. The van der Waals surface area contributed by atoms with Crippen LogP contribution in [0.15, 0.2) is 0 Å². The van der Waals surface area contributed by atoms with Gasteiger partial charge in [0.2, 0.25) is 19.2 Å². The molecule has 3 amide bonds. The summed E-state index contributed by atoms with van der Waals surface area (Å²) in [5.74, 6) is 13.2. The van der Waals surface area contributed by atoms with E-state index in [0.29, 0.717) is 19.2 Å². The van der Waals surface area contributed by atoms with Crippen molar-refractivity contribution in [3.63, 3.8) is 0 Å². The first-order valence-electron chi connectivity index (χ1n) is 2.44. The molecule has 0 aliphatic heterocycles. The Kier molecular flexibility index (Phi) is 48.3. The lowest BCUT2D eigenvalue weighted by Gasteiger charge is -1.66. The van der Waals surface area contributed by atoms with E-state index in [0.717, 1.165) is 0 Å². The van der Waals surface area contributed by atoms with E-state index in [1.165, 1.54) is 0 Å². The largest absolute Gasteiger partial charge is 0.297 e. The summed E-state index contributed by atoms with van der Waals surface area (Å²) >= 11 is 0. The number of hydrogen-bond donors (Lipinski definition) is 6. The molecule has 0 unspecified atom stereocenters. The van der Waals surface area contributed by atoms with Crippen LogP contribution in [0.1, 0.15) is 0 Å². The zero-order chi connectivity index (χ0) is 10.2. The third kappa shape index (κ3) is 265. The maximum absolute atomic E-state index is 8.94. The van der Waals surface area contributed by atoms with Crippen LogP contribution in [-0.4, -0.2) is 19.2 Å². The van der Waals surface area contributed by atoms with Crippen molar-refractivity contribution in [1.82, 2.24) is 16.3 Å². The first-order chi connectivity index (χ1) is 5.74. The molecule has 9 nitrogen and oxygen atoms in total. The first kappa shape index (κ1) is 16.7. The number of rotatable bonds is 3. The van der Waals surface area contributed by atoms with Gasteiger partial charge in [0.1, 0.15) is 0 Å². The van der Waals surface area contributed by atoms with Gasteiger partial charge in [-0.2, -0.15) is 0 Å². The molecule has 9 N–H and O–H groups in total. The summed E-state index contributed by atoms with van der Waals surface area (Å²) in [6, 6.07) is 0. The monoisotopic (exact) mass is 180 g/mol. The van der Waals surface area contributed by atoms with E-state index in [2.05, 4.69) is 17.5 Å². The van der Waals surface area contributed by atoms with Gasteiger partial charge in [0, 0.05) is 0 Å². The van der Waals surface area contributed by atoms with E-state index in [4.69, 9.17) is 14.4 Å². The lowest BCUT2D eigenvalue weighted by molar-refractivity contribution is -0.110. The van der Waals surface area contributed by atoms with E-state index in [9.17, 15) is 0 Å². The average molecular weight is 180 g/mol. The van der Waals surface area contributed by atoms with E-state index in [-0.39, 0.29) is 0 Å². The van der Waals surface area contributed by atoms with E-state index >= 15 is 0 Å². The molecule has 0 saturated carbocycles. The van der Waals surface area contributed by atoms with Crippen LogP contribution in [0.2, 0.25) is 0 Å². The topological polar surface area (TPSA) is 165 Å². The van der Waals surface area contributed by atoms with Gasteiger partial charge in [0.25, 0.3) is 0 Å². The lowest BCUT2D eigenvalue weighted by atomic mass is 11.4. The average Bonchev–Trinajstić information content (AvgIpc) is 2.18. The molecule has 9 heteroatoms. The standard InChI is InChI=1S/3CH4N2O/c3*2-3-1-4/h3*1H,2H2,(H,3,4). The normalized spacial score (nSPS) is 5.25. The Morgan fingerprint density at radius 3 is 0.750 bits per heavy atom. The third-order valence-corrected chi connectivity index (χ3v) is 0.204. The highest BCUT2D eigenvalue weighted by Crippen LogP contribution is 0.999. The van der Waals surface area contributed by atoms with Gasteiger partial charge in [-0.3, -0.25) is 30.7 Å². The summed E-state index contributed by atoms with van der Waals surface area (Å²) in [5, 5.41) is 0. The molecule has 0 aromatic rings. The molecule has 0 spiro atoms. The molecular weight excluding hydrogens is 168 g/mol. The highest BCUT2D eigenvalue weighted by Gasteiger charge is 1.42. The van der Waals surface area contributed by atoms with Crippen molar-refractivity contribution in [2.45, 2.75) is 0 Å². The molecule has 0 radical (unpaired) electrons. The second kappa shape index (κ2) is 34.7. The fourth-order valence-corrected chi connectivity index (χ4v) is 0. The van der Waals surface area contributed by atoms with Crippen LogP contribution >= 0.6 is 0 Å². The van der Waals surface area contributed by atoms with Gasteiger partial charge in [-0.15, -0.1) is 0 Å². The van der Waals surface area contributed by atoms with Crippen molar-refractivity contribution >= 4 is 19.2 Å². The Morgan fingerprint density at radius 1 is 0.667 bits per heavy atom. The molecule has 0 fully saturated rings. The number of hydrogen-bond acceptors (Lipinski definition) is 6. The summed E-state index contributed by atoms with van der Waals surface area (Å²) in [7, 11) is 0. The molecule has 12 heavy (non-hydrogen) atoms. The second-order valence-corrected chi connectivity index (χ2v) is 0.854. The third-order valence-electron chi connectivity index (χ3n) is 0.204. The van der Waals surface area contributed by atoms with Crippen LogP contribution < -0.4 is 33.8 Å². The van der Waals surface area contributed by atoms with Crippen LogP contribution in [0.5, 0.6) is 0 Å². The minimum absolute atomic E-state index is 0.403. The number of hydrazine groups is 3. The van der Waals surface area contributed by atoms with Crippen LogP contribution in [0.4, 0.5) is 0 Å². The summed E-state index contributed by atoms with van der Waals surface area (Å²) in [5.41, 5.74) is 5.25. The van der Waals surface area contributed by atoms with Gasteiger partial charge in [-0.05, 0) is 0 Å². The van der Waals surface area contributed by atoms with Gasteiger partial charge < -0.3 is 0 Å². The Bertz CT molecular complexity index is 79.0. The Morgan fingerprint density at radius 2 is 0.750 bits per heavy atom. The van der Waals surface area contributed by atoms with Crippen molar-refractivity contribution in [1.29, 1.82) is 0 Å². The molecule has 0 rings (SSSR count). The molecule has 0 saturated heterocycles. The Hall–Kier alpha value is -1.71. The summed E-state index contributed by atoms with van der Waals surface area (Å²) in [6.07, 6.45) is 1.21. The number of carbonyl (C=O) groups is 3.